The Morgan fingerprint density at radius 1 is 1.11 bits per heavy atom. The maximum atomic E-state index is 14.4. The maximum absolute atomic E-state index is 14.4. The molecule has 1 aromatic heterocycles. The number of hydrogen-bond donors (Lipinski definition) is 3. The van der Waals surface area contributed by atoms with Gasteiger partial charge in [0.15, 0.2) is 17.7 Å². The van der Waals surface area contributed by atoms with Crippen molar-refractivity contribution in [2.75, 3.05) is 46.3 Å². The van der Waals surface area contributed by atoms with Crippen molar-refractivity contribution >= 4 is 35.7 Å². The molecule has 3 fully saturated rings. The SMILES string of the molecule is CC[C@H]1OC(=O)C(C)C(=O)[C@H](C)[C@@H](O[C@@H]2OC(C)CC(N(C)C)C2O)[C@](C)(OC)C[C@@H](C)CN[C@H](C)[C@H]2N(CCCCn3cc(-c4cccc(N)c4)nn3)C(=O)O[C@]12C.CSF. The second-order valence-electron chi connectivity index (χ2n) is 17.9. The Kier molecular flexibility index (Phi) is 18.6. The molecule has 4 heterocycles. The van der Waals surface area contributed by atoms with Gasteiger partial charge >= 0.3 is 12.1 Å². The lowest BCUT2D eigenvalue weighted by Gasteiger charge is -2.46. The van der Waals surface area contributed by atoms with Gasteiger partial charge in [-0.2, -0.15) is 3.89 Å². The number of aryl methyl sites for hydroxylation is 1. The number of aliphatic hydroxyl groups excluding tert-OH is 1. The topological polar surface area (TPSA) is 193 Å². The van der Waals surface area contributed by atoms with Gasteiger partial charge in [-0.3, -0.25) is 19.2 Å². The van der Waals surface area contributed by atoms with Crippen molar-refractivity contribution in [3.8, 4) is 11.3 Å². The quantitative estimate of drug-likeness (QED) is 0.111. The van der Waals surface area contributed by atoms with Crippen LogP contribution in [0.2, 0.25) is 0 Å². The Hall–Kier alpha value is -3.39. The molecule has 0 bridgehead atoms. The molecular formula is C44H72FN7O9S. The average Bonchev–Trinajstić information content (AvgIpc) is 3.80. The number of unbranched alkanes of at least 4 members (excludes halogenated alkanes) is 1. The van der Waals surface area contributed by atoms with E-state index in [1.807, 2.05) is 84.1 Å². The van der Waals surface area contributed by atoms with Crippen LogP contribution in [0.1, 0.15) is 87.5 Å². The van der Waals surface area contributed by atoms with Crippen molar-refractivity contribution in [3.63, 3.8) is 0 Å². The van der Waals surface area contributed by atoms with E-state index in [4.69, 9.17) is 29.4 Å². The van der Waals surface area contributed by atoms with E-state index in [2.05, 4.69) is 22.6 Å². The number of carbonyl (C=O) groups is 3. The summed E-state index contributed by atoms with van der Waals surface area (Å²) in [5.74, 6) is -3.16. The summed E-state index contributed by atoms with van der Waals surface area (Å²) >= 11 is 0.250. The molecule has 0 spiro atoms. The largest absolute Gasteiger partial charge is 0.458 e. The lowest BCUT2D eigenvalue weighted by atomic mass is 9.78. The molecular weight excluding hydrogens is 822 g/mol. The Bertz CT molecular complexity index is 1780. The number of benzene rings is 1. The van der Waals surface area contributed by atoms with Crippen molar-refractivity contribution in [2.24, 2.45) is 17.8 Å². The van der Waals surface area contributed by atoms with Crippen LogP contribution in [0, 0.1) is 17.8 Å². The van der Waals surface area contributed by atoms with Crippen LogP contribution >= 0.6 is 12.1 Å². The minimum atomic E-state index is -1.23. The second kappa shape index (κ2) is 22.5. The molecule has 16 nitrogen and oxygen atoms in total. The number of cyclic esters (lactones) is 1. The van der Waals surface area contributed by atoms with Gasteiger partial charge in [-0.05, 0) is 105 Å². The first kappa shape index (κ1) is 51.2. The van der Waals surface area contributed by atoms with Crippen molar-refractivity contribution < 1.29 is 47.1 Å². The van der Waals surface area contributed by atoms with Gasteiger partial charge in [-0.1, -0.05) is 38.1 Å². The number of nitrogens with one attached hydrogen (secondary N) is 1. The first-order valence-electron chi connectivity index (χ1n) is 21.8. The summed E-state index contributed by atoms with van der Waals surface area (Å²) in [6.45, 7) is 16.4. The van der Waals surface area contributed by atoms with E-state index in [9.17, 15) is 23.4 Å². The van der Waals surface area contributed by atoms with E-state index >= 15 is 0 Å². The van der Waals surface area contributed by atoms with Crippen molar-refractivity contribution in [3.05, 3.63) is 30.5 Å². The number of aliphatic hydroxyl groups is 1. The van der Waals surface area contributed by atoms with Crippen LogP contribution < -0.4 is 11.1 Å². The number of nitrogen functional groups attached to an aromatic ring is 1. The van der Waals surface area contributed by atoms with E-state index in [0.717, 1.165) is 11.3 Å². The van der Waals surface area contributed by atoms with Crippen molar-refractivity contribution in [2.45, 2.75) is 154 Å². The maximum Gasteiger partial charge on any atom is 0.410 e. The van der Waals surface area contributed by atoms with Crippen LogP contribution in [-0.2, 0) is 39.8 Å². The fourth-order valence-corrected chi connectivity index (χ4v) is 9.45. The fourth-order valence-electron chi connectivity index (χ4n) is 9.45. The number of Topliss-reactive ketones (excluding diaryl/α,β-unsaturated/α-hetero) is 1. The van der Waals surface area contributed by atoms with E-state index < -0.39 is 71.5 Å². The Balaban J connectivity index is 0.00000273. The summed E-state index contributed by atoms with van der Waals surface area (Å²) < 4.78 is 43.5. The molecule has 3 aliphatic heterocycles. The number of nitrogens with zero attached hydrogens (tertiary/aromatic N) is 5. The fraction of sp³-hybridized carbons (Fsp3) is 0.750. The van der Waals surface area contributed by atoms with Crippen LogP contribution in [0.5, 0.6) is 0 Å². The molecule has 3 aliphatic rings. The van der Waals surface area contributed by atoms with Gasteiger partial charge in [0, 0.05) is 67.9 Å². The van der Waals surface area contributed by atoms with Crippen molar-refractivity contribution in [1.29, 1.82) is 0 Å². The van der Waals surface area contributed by atoms with Crippen molar-refractivity contribution in [1.82, 2.24) is 30.1 Å². The van der Waals surface area contributed by atoms with Gasteiger partial charge in [0.2, 0.25) is 0 Å². The van der Waals surface area contributed by atoms with E-state index in [1.54, 1.807) is 23.6 Å². The van der Waals surface area contributed by atoms with Gasteiger partial charge in [-0.25, -0.2) is 4.79 Å². The summed E-state index contributed by atoms with van der Waals surface area (Å²) in [5, 5.41) is 23.7. The molecule has 62 heavy (non-hydrogen) atoms. The van der Waals surface area contributed by atoms with Gasteiger partial charge in [0.05, 0.1) is 30.0 Å². The number of amides is 1. The van der Waals surface area contributed by atoms with E-state index in [-0.39, 0.29) is 36.3 Å². The number of likely N-dealkylation sites (N-methyl/N-ethyl adjacent to an activating group) is 1. The minimum absolute atomic E-state index is 0.0125. The molecule has 0 radical (unpaired) electrons. The first-order chi connectivity index (χ1) is 29.2. The molecule has 18 heteroatoms. The van der Waals surface area contributed by atoms with Gasteiger partial charge in [0.25, 0.3) is 0 Å². The highest BCUT2D eigenvalue weighted by Crippen LogP contribution is 2.40. The number of anilines is 1. The van der Waals surface area contributed by atoms with Crippen LogP contribution in [0.15, 0.2) is 30.5 Å². The average molecular weight is 894 g/mol. The van der Waals surface area contributed by atoms with Crippen LogP contribution in [-0.4, -0.2) is 148 Å². The summed E-state index contributed by atoms with van der Waals surface area (Å²) in [4.78, 5) is 45.9. The highest BCUT2D eigenvalue weighted by Gasteiger charge is 2.58. The zero-order valence-corrected chi connectivity index (χ0v) is 39.5. The minimum Gasteiger partial charge on any atom is -0.458 e. The zero-order valence-electron chi connectivity index (χ0n) is 38.7. The highest BCUT2D eigenvalue weighted by atomic mass is 32.2. The standard InChI is InChI=1S/C43H69N7O9.CH3FS/c1-12-34-43(8)37(50(41(54)59-43)19-14-13-18-49-24-32(46-47-49)30-16-15-17-31(44)21-30)29(6)45-23-25(2)22-42(7,55-11)38(27(4)35(51)28(5)39(53)57-34)58-40-36(52)33(48(9)10)20-26(3)56-40;1-3-2/h15-17,21,24-29,33-34,36-38,40,45,52H,12-14,18-20,22-23,44H2,1-11H3;1H3/t25-,26?,27+,28?,29-,33?,34-,36?,37-,38-,40+,42-,43-;/m1./s1. The molecule has 4 unspecified atom stereocenters. The third-order valence-electron chi connectivity index (χ3n) is 12.8. The number of aromatic nitrogens is 3. The smallest absolute Gasteiger partial charge is 0.410 e. The van der Waals surface area contributed by atoms with E-state index in [0.29, 0.717) is 57.4 Å². The zero-order chi connectivity index (χ0) is 46.1. The van der Waals surface area contributed by atoms with Crippen LogP contribution in [0.25, 0.3) is 11.3 Å². The summed E-state index contributed by atoms with van der Waals surface area (Å²) in [6.07, 6.45) is 1.57. The number of rotatable bonds is 11. The highest BCUT2D eigenvalue weighted by molar-refractivity contribution is 7.93. The summed E-state index contributed by atoms with van der Waals surface area (Å²) in [7, 11) is 5.39. The lowest BCUT2D eigenvalue weighted by molar-refractivity contribution is -0.295. The number of hydrogen-bond acceptors (Lipinski definition) is 15. The third kappa shape index (κ3) is 12.0. The molecule has 13 atom stereocenters. The first-order valence-corrected chi connectivity index (χ1v) is 23.0. The predicted molar refractivity (Wildman–Crippen MR) is 237 cm³/mol. The number of fused-ring (bicyclic) bond motifs is 1. The summed E-state index contributed by atoms with van der Waals surface area (Å²) in [6, 6.07) is 6.46. The number of nitrogens with two attached hydrogens (primary N) is 1. The van der Waals surface area contributed by atoms with Gasteiger partial charge in [0.1, 0.15) is 23.8 Å². The van der Waals surface area contributed by atoms with E-state index in [1.165, 1.54) is 13.2 Å². The van der Waals surface area contributed by atoms with Crippen LogP contribution in [0.3, 0.4) is 0 Å². The molecule has 350 valence electrons. The number of methoxy groups -OCH3 is 1. The summed E-state index contributed by atoms with van der Waals surface area (Å²) in [5.41, 5.74) is 5.95. The number of carbonyl (C=O) groups excluding carboxylic acids is 3. The van der Waals surface area contributed by atoms with Gasteiger partial charge in [-0.15, -0.1) is 5.10 Å². The van der Waals surface area contributed by atoms with Crippen LogP contribution in [0.4, 0.5) is 14.4 Å². The molecule has 0 aliphatic carbocycles. The molecule has 1 aromatic carbocycles. The van der Waals surface area contributed by atoms with Gasteiger partial charge < -0.3 is 44.7 Å². The monoisotopic (exact) mass is 894 g/mol. The Labute approximate surface area is 371 Å². The number of esters is 1. The Morgan fingerprint density at radius 3 is 2.42 bits per heavy atom. The number of ether oxygens (including phenoxy) is 5. The normalized spacial score (nSPS) is 35.0. The lowest BCUT2D eigenvalue weighted by Crippen LogP contribution is -2.61. The molecule has 5 rings (SSSR count). The molecule has 4 N–H and O–H groups in total. The molecule has 2 aromatic rings. The third-order valence-corrected chi connectivity index (χ3v) is 12.8. The molecule has 1 amide bonds. The molecule has 0 saturated carbocycles. The second-order valence-corrected chi connectivity index (χ2v) is 18.3. The molecule has 3 saturated heterocycles. The number of ketones is 1. The Morgan fingerprint density at radius 2 is 1.79 bits per heavy atom. The predicted octanol–water partition coefficient (Wildman–Crippen LogP) is 5.52. The number of halogens is 1.